The van der Waals surface area contributed by atoms with E-state index < -0.39 is 0 Å². The van der Waals surface area contributed by atoms with Gasteiger partial charge in [-0.15, -0.1) is 0 Å². The molecule has 2 unspecified atom stereocenters. The molecule has 0 aromatic heterocycles. The summed E-state index contributed by atoms with van der Waals surface area (Å²) < 4.78 is 0. The van der Waals surface area contributed by atoms with Crippen LogP contribution in [0, 0.1) is 5.92 Å². The van der Waals surface area contributed by atoms with Crippen molar-refractivity contribution in [1.82, 2.24) is 4.90 Å². The van der Waals surface area contributed by atoms with Crippen LogP contribution in [0.25, 0.3) is 0 Å². The average molecular weight is 216 g/mol. The van der Waals surface area contributed by atoms with E-state index in [2.05, 4.69) is 6.92 Å². The van der Waals surface area contributed by atoms with Crippen LogP contribution in [0.3, 0.4) is 0 Å². The van der Waals surface area contributed by atoms with Gasteiger partial charge in [0.05, 0.1) is 0 Å². The Labute approximate surface area is 90.4 Å². The summed E-state index contributed by atoms with van der Waals surface area (Å²) in [5.74, 6) is 2.73. The second kappa shape index (κ2) is 5.61. The van der Waals surface area contributed by atoms with Gasteiger partial charge in [-0.2, -0.15) is 11.8 Å². The average Bonchev–Trinajstić information content (AvgIpc) is 2.18. The maximum Gasteiger partial charge on any atom is 0.223 e. The van der Waals surface area contributed by atoms with Gasteiger partial charge in [0.25, 0.3) is 0 Å². The van der Waals surface area contributed by atoms with E-state index in [4.69, 9.17) is 5.73 Å². The summed E-state index contributed by atoms with van der Waals surface area (Å²) in [6, 6.07) is 0.395. The lowest BCUT2D eigenvalue weighted by Gasteiger charge is -2.33. The van der Waals surface area contributed by atoms with Gasteiger partial charge in [0.2, 0.25) is 5.91 Å². The lowest BCUT2D eigenvalue weighted by Crippen LogP contribution is -2.45. The Morgan fingerprint density at radius 2 is 2.43 bits per heavy atom. The standard InChI is InChI=1S/C10H20N2OS/c1-8(6-11)5-10(13)12-3-4-14-7-9(12)2/h8-9H,3-7,11H2,1-2H3. The maximum absolute atomic E-state index is 11.8. The van der Waals surface area contributed by atoms with Crippen molar-refractivity contribution in [3.63, 3.8) is 0 Å². The first-order valence-electron chi connectivity index (χ1n) is 5.22. The molecule has 0 radical (unpaired) electrons. The zero-order valence-electron chi connectivity index (χ0n) is 9.03. The van der Waals surface area contributed by atoms with Gasteiger partial charge in [0.15, 0.2) is 0 Å². The van der Waals surface area contributed by atoms with Crippen molar-refractivity contribution >= 4 is 17.7 Å². The van der Waals surface area contributed by atoms with Crippen LogP contribution in [0.1, 0.15) is 20.3 Å². The van der Waals surface area contributed by atoms with E-state index in [0.717, 1.165) is 18.1 Å². The number of hydrogen-bond donors (Lipinski definition) is 1. The van der Waals surface area contributed by atoms with Crippen molar-refractivity contribution in [3.05, 3.63) is 0 Å². The Bertz CT molecular complexity index is 199. The van der Waals surface area contributed by atoms with Gasteiger partial charge >= 0.3 is 0 Å². The minimum atomic E-state index is 0.274. The van der Waals surface area contributed by atoms with E-state index in [9.17, 15) is 4.79 Å². The first-order valence-corrected chi connectivity index (χ1v) is 6.38. The van der Waals surface area contributed by atoms with E-state index in [-0.39, 0.29) is 5.91 Å². The lowest BCUT2D eigenvalue weighted by molar-refractivity contribution is -0.133. The lowest BCUT2D eigenvalue weighted by atomic mass is 10.1. The monoisotopic (exact) mass is 216 g/mol. The van der Waals surface area contributed by atoms with Crippen LogP contribution in [0.15, 0.2) is 0 Å². The van der Waals surface area contributed by atoms with Crippen molar-refractivity contribution in [2.75, 3.05) is 24.6 Å². The fraction of sp³-hybridized carbons (Fsp3) is 0.900. The van der Waals surface area contributed by atoms with E-state index in [1.165, 1.54) is 0 Å². The van der Waals surface area contributed by atoms with Crippen molar-refractivity contribution in [2.24, 2.45) is 11.7 Å². The van der Waals surface area contributed by atoms with Gasteiger partial charge in [-0.1, -0.05) is 6.92 Å². The highest BCUT2D eigenvalue weighted by molar-refractivity contribution is 7.99. The smallest absolute Gasteiger partial charge is 0.223 e. The molecule has 2 atom stereocenters. The number of hydrogen-bond acceptors (Lipinski definition) is 3. The number of nitrogens with two attached hydrogens (primary N) is 1. The molecule has 0 spiro atoms. The number of amides is 1. The van der Waals surface area contributed by atoms with Crippen LogP contribution in [0.2, 0.25) is 0 Å². The molecule has 1 rings (SSSR count). The summed E-state index contributed by atoms with van der Waals surface area (Å²) >= 11 is 1.93. The summed E-state index contributed by atoms with van der Waals surface area (Å²) in [6.45, 7) is 5.66. The first-order chi connectivity index (χ1) is 6.65. The molecule has 0 saturated carbocycles. The molecule has 1 amide bonds. The molecular formula is C10H20N2OS. The predicted molar refractivity (Wildman–Crippen MR) is 61.3 cm³/mol. The topological polar surface area (TPSA) is 46.3 Å². The molecule has 1 heterocycles. The zero-order chi connectivity index (χ0) is 10.6. The fourth-order valence-corrected chi connectivity index (χ4v) is 2.61. The van der Waals surface area contributed by atoms with Crippen LogP contribution in [-0.4, -0.2) is 41.4 Å². The number of carbonyl (C=O) groups excluding carboxylic acids is 1. The van der Waals surface area contributed by atoms with Crippen molar-refractivity contribution in [1.29, 1.82) is 0 Å². The molecule has 1 aliphatic rings. The Hall–Kier alpha value is -0.220. The molecule has 1 aliphatic heterocycles. The van der Waals surface area contributed by atoms with Crippen LogP contribution < -0.4 is 5.73 Å². The third kappa shape index (κ3) is 3.17. The van der Waals surface area contributed by atoms with Gasteiger partial charge in [-0.3, -0.25) is 4.79 Å². The Balaban J connectivity index is 2.42. The van der Waals surface area contributed by atoms with E-state index in [1.807, 2.05) is 23.6 Å². The van der Waals surface area contributed by atoms with Crippen LogP contribution in [0.5, 0.6) is 0 Å². The van der Waals surface area contributed by atoms with E-state index in [1.54, 1.807) is 0 Å². The van der Waals surface area contributed by atoms with Crippen molar-refractivity contribution < 1.29 is 4.79 Å². The molecule has 0 bridgehead atoms. The van der Waals surface area contributed by atoms with Crippen LogP contribution >= 0.6 is 11.8 Å². The maximum atomic E-state index is 11.8. The summed E-state index contributed by atoms with van der Waals surface area (Å²) in [5, 5.41) is 0. The third-order valence-electron chi connectivity index (χ3n) is 2.61. The largest absolute Gasteiger partial charge is 0.338 e. The Kier molecular flexibility index (Phi) is 4.75. The third-order valence-corrected chi connectivity index (χ3v) is 3.80. The molecule has 82 valence electrons. The molecule has 0 aliphatic carbocycles. The summed E-state index contributed by atoms with van der Waals surface area (Å²) in [5.41, 5.74) is 5.51. The molecule has 3 nitrogen and oxygen atoms in total. The molecule has 1 fully saturated rings. The summed E-state index contributed by atoms with van der Waals surface area (Å²) in [6.07, 6.45) is 0.603. The number of carbonyl (C=O) groups is 1. The van der Waals surface area contributed by atoms with E-state index in [0.29, 0.717) is 24.9 Å². The number of rotatable bonds is 3. The second-order valence-corrected chi connectivity index (χ2v) is 5.21. The molecule has 2 N–H and O–H groups in total. The predicted octanol–water partition coefficient (Wildman–Crippen LogP) is 0.935. The van der Waals surface area contributed by atoms with Crippen LogP contribution in [0.4, 0.5) is 0 Å². The van der Waals surface area contributed by atoms with Gasteiger partial charge in [0.1, 0.15) is 0 Å². The normalized spacial score (nSPS) is 24.8. The minimum Gasteiger partial charge on any atom is -0.338 e. The van der Waals surface area contributed by atoms with Gasteiger partial charge in [-0.25, -0.2) is 0 Å². The minimum absolute atomic E-state index is 0.274. The second-order valence-electron chi connectivity index (χ2n) is 4.06. The molecular weight excluding hydrogens is 196 g/mol. The van der Waals surface area contributed by atoms with Crippen molar-refractivity contribution in [2.45, 2.75) is 26.3 Å². The Morgan fingerprint density at radius 3 is 3.00 bits per heavy atom. The molecule has 1 saturated heterocycles. The van der Waals surface area contributed by atoms with Gasteiger partial charge in [-0.05, 0) is 19.4 Å². The summed E-state index contributed by atoms with van der Waals surface area (Å²) in [7, 11) is 0. The summed E-state index contributed by atoms with van der Waals surface area (Å²) in [4.78, 5) is 13.8. The van der Waals surface area contributed by atoms with E-state index >= 15 is 0 Å². The molecule has 14 heavy (non-hydrogen) atoms. The van der Waals surface area contributed by atoms with Crippen molar-refractivity contribution in [3.8, 4) is 0 Å². The quantitative estimate of drug-likeness (QED) is 0.763. The SMILES string of the molecule is CC(CN)CC(=O)N1CCSCC1C. The fourth-order valence-electron chi connectivity index (χ4n) is 1.60. The molecule has 4 heteroatoms. The highest BCUT2D eigenvalue weighted by Crippen LogP contribution is 2.17. The Morgan fingerprint density at radius 1 is 1.71 bits per heavy atom. The number of thioether (sulfide) groups is 1. The highest BCUT2D eigenvalue weighted by Gasteiger charge is 2.23. The van der Waals surface area contributed by atoms with Gasteiger partial charge < -0.3 is 10.6 Å². The first kappa shape index (κ1) is 11.9. The molecule has 0 aromatic carbocycles. The highest BCUT2D eigenvalue weighted by atomic mass is 32.2. The molecule has 0 aromatic rings. The van der Waals surface area contributed by atoms with Crippen LogP contribution in [-0.2, 0) is 4.79 Å². The number of nitrogens with zero attached hydrogens (tertiary/aromatic N) is 1. The van der Waals surface area contributed by atoms with Gasteiger partial charge in [0, 0.05) is 30.5 Å². The zero-order valence-corrected chi connectivity index (χ0v) is 9.85.